The van der Waals surface area contributed by atoms with E-state index in [0.29, 0.717) is 18.2 Å². The molecule has 0 aromatic carbocycles. The van der Waals surface area contributed by atoms with Gasteiger partial charge < -0.3 is 10.4 Å². The highest BCUT2D eigenvalue weighted by molar-refractivity contribution is 7.98. The smallest absolute Gasteiger partial charge is 0.326 e. The summed E-state index contributed by atoms with van der Waals surface area (Å²) in [6, 6.07) is 1.14. The Morgan fingerprint density at radius 3 is 2.76 bits per heavy atom. The molecule has 2 N–H and O–H groups in total. The molecule has 0 aliphatic heterocycles. The van der Waals surface area contributed by atoms with Crippen LogP contribution < -0.4 is 5.32 Å². The van der Waals surface area contributed by atoms with Gasteiger partial charge in [0.25, 0.3) is 0 Å². The summed E-state index contributed by atoms with van der Waals surface area (Å²) in [6.45, 7) is 3.98. The summed E-state index contributed by atoms with van der Waals surface area (Å²) in [5, 5.41) is 12.8. The molecule has 0 fully saturated rings. The lowest BCUT2D eigenvalue weighted by atomic mass is 10.0. The van der Waals surface area contributed by atoms with Crippen LogP contribution in [0.25, 0.3) is 0 Å². The molecule has 0 amide bonds. The molecule has 1 aromatic rings. The van der Waals surface area contributed by atoms with Crippen LogP contribution in [0.2, 0.25) is 0 Å². The molecule has 1 aromatic heterocycles. The predicted octanol–water partition coefficient (Wildman–Crippen LogP) is 2.11. The molecular weight excluding hydrogens is 238 g/mol. The van der Waals surface area contributed by atoms with Gasteiger partial charge in [-0.05, 0) is 18.6 Å². The number of carboxylic acids is 1. The first-order valence-corrected chi connectivity index (χ1v) is 6.60. The number of thioether (sulfide) groups is 1. The summed E-state index contributed by atoms with van der Waals surface area (Å²) in [5.74, 6) is 0.00544. The second-order valence-electron chi connectivity index (χ2n) is 4.11. The van der Waals surface area contributed by atoms with E-state index in [-0.39, 0.29) is 0 Å². The molecule has 0 saturated heterocycles. The molecule has 94 valence electrons. The Balaban J connectivity index is 2.74. The molecule has 1 heterocycles. The second-order valence-corrected chi connectivity index (χ2v) is 4.94. The maximum absolute atomic E-state index is 11.1. The number of nitrogens with zero attached hydrogens (tertiary/aromatic N) is 2. The van der Waals surface area contributed by atoms with Gasteiger partial charge in [-0.15, -0.1) is 11.8 Å². The zero-order chi connectivity index (χ0) is 12.8. The van der Waals surface area contributed by atoms with E-state index in [9.17, 15) is 4.79 Å². The van der Waals surface area contributed by atoms with Crippen LogP contribution in [-0.2, 0) is 4.79 Å². The highest BCUT2D eigenvalue weighted by Gasteiger charge is 2.19. The highest BCUT2D eigenvalue weighted by Crippen LogP contribution is 2.16. The van der Waals surface area contributed by atoms with Crippen molar-refractivity contribution in [3.05, 3.63) is 12.4 Å². The van der Waals surface area contributed by atoms with E-state index in [1.807, 2.05) is 20.1 Å². The first-order valence-electron chi connectivity index (χ1n) is 5.38. The maximum Gasteiger partial charge on any atom is 0.326 e. The Morgan fingerprint density at radius 1 is 1.53 bits per heavy atom. The summed E-state index contributed by atoms with van der Waals surface area (Å²) in [4.78, 5) is 19.1. The number of aliphatic carboxylic acids is 1. The fourth-order valence-corrected chi connectivity index (χ4v) is 1.78. The lowest BCUT2D eigenvalue weighted by Crippen LogP contribution is -2.31. The van der Waals surface area contributed by atoms with Crippen LogP contribution in [0.3, 0.4) is 0 Å². The summed E-state index contributed by atoms with van der Waals surface area (Å²) in [6.07, 6.45) is 3.91. The Kier molecular flexibility index (Phi) is 5.21. The number of anilines is 1. The van der Waals surface area contributed by atoms with Gasteiger partial charge in [0.15, 0.2) is 0 Å². The molecule has 0 radical (unpaired) electrons. The molecule has 0 saturated carbocycles. The number of carboxylic acid groups (broad SMARTS) is 1. The van der Waals surface area contributed by atoms with E-state index in [4.69, 9.17) is 5.11 Å². The molecule has 0 bridgehead atoms. The third-order valence-electron chi connectivity index (χ3n) is 2.18. The lowest BCUT2D eigenvalue weighted by molar-refractivity contribution is -0.138. The topological polar surface area (TPSA) is 75.1 Å². The molecule has 17 heavy (non-hydrogen) atoms. The van der Waals surface area contributed by atoms with Gasteiger partial charge in [-0.3, -0.25) is 0 Å². The van der Waals surface area contributed by atoms with E-state index < -0.39 is 12.0 Å². The minimum atomic E-state index is -0.858. The summed E-state index contributed by atoms with van der Waals surface area (Å²) in [7, 11) is 0. The zero-order valence-corrected chi connectivity index (χ0v) is 11.0. The Hall–Kier alpha value is -1.30. The number of carbonyl (C=O) groups is 1. The monoisotopic (exact) mass is 255 g/mol. The number of aromatic nitrogens is 2. The minimum Gasteiger partial charge on any atom is -0.480 e. The number of rotatable bonds is 6. The van der Waals surface area contributed by atoms with Gasteiger partial charge in [0.1, 0.15) is 23.2 Å². The molecule has 0 aliphatic rings. The number of hydrogen-bond donors (Lipinski definition) is 2. The zero-order valence-electron chi connectivity index (χ0n) is 10.2. The molecular formula is C11H17N3O2S. The average Bonchev–Trinajstić information content (AvgIpc) is 2.27. The summed E-state index contributed by atoms with van der Waals surface area (Å²) < 4.78 is 0. The van der Waals surface area contributed by atoms with Gasteiger partial charge in [-0.1, -0.05) is 13.8 Å². The summed E-state index contributed by atoms with van der Waals surface area (Å²) >= 11 is 1.49. The molecule has 0 aliphatic carbocycles. The van der Waals surface area contributed by atoms with Crippen molar-refractivity contribution >= 4 is 23.5 Å². The number of hydrogen-bond acceptors (Lipinski definition) is 5. The Labute approximate surface area is 105 Å². The molecule has 1 unspecified atom stereocenters. The van der Waals surface area contributed by atoms with Crippen molar-refractivity contribution in [3.8, 4) is 0 Å². The van der Waals surface area contributed by atoms with Gasteiger partial charge in [-0.2, -0.15) is 0 Å². The minimum absolute atomic E-state index is 0.311. The molecule has 5 nitrogen and oxygen atoms in total. The van der Waals surface area contributed by atoms with E-state index in [1.54, 1.807) is 6.07 Å². The van der Waals surface area contributed by atoms with Crippen LogP contribution in [0.4, 0.5) is 5.82 Å². The van der Waals surface area contributed by atoms with Gasteiger partial charge in [-0.25, -0.2) is 14.8 Å². The average molecular weight is 255 g/mol. The van der Waals surface area contributed by atoms with Crippen LogP contribution in [-0.4, -0.2) is 33.3 Å². The molecule has 6 heteroatoms. The van der Waals surface area contributed by atoms with Crippen LogP contribution in [0.15, 0.2) is 17.4 Å². The molecule has 0 spiro atoms. The fraction of sp³-hybridized carbons (Fsp3) is 0.545. The second kappa shape index (κ2) is 6.44. The van der Waals surface area contributed by atoms with E-state index >= 15 is 0 Å². The van der Waals surface area contributed by atoms with E-state index in [1.165, 1.54) is 18.1 Å². The standard InChI is InChI=1S/C11H17N3O2S/c1-7(2)4-8(11(15)16)14-9-5-10(17-3)13-6-12-9/h5-8H,4H2,1-3H3,(H,15,16)(H,12,13,14). The molecule has 1 atom stereocenters. The third kappa shape index (κ3) is 4.60. The van der Waals surface area contributed by atoms with Gasteiger partial charge in [0, 0.05) is 6.07 Å². The maximum atomic E-state index is 11.1. The van der Waals surface area contributed by atoms with Gasteiger partial charge >= 0.3 is 5.97 Å². The van der Waals surface area contributed by atoms with Crippen molar-refractivity contribution in [2.45, 2.75) is 31.3 Å². The van der Waals surface area contributed by atoms with Crippen LogP contribution >= 0.6 is 11.8 Å². The first kappa shape index (κ1) is 13.8. The van der Waals surface area contributed by atoms with Crippen LogP contribution in [0.5, 0.6) is 0 Å². The van der Waals surface area contributed by atoms with Crippen molar-refractivity contribution in [2.24, 2.45) is 5.92 Å². The van der Waals surface area contributed by atoms with Gasteiger partial charge in [0.2, 0.25) is 0 Å². The van der Waals surface area contributed by atoms with Crippen molar-refractivity contribution in [1.29, 1.82) is 0 Å². The SMILES string of the molecule is CSc1cc(NC(CC(C)C)C(=O)O)ncn1. The normalized spacial score (nSPS) is 12.5. The van der Waals surface area contributed by atoms with Gasteiger partial charge in [0.05, 0.1) is 0 Å². The number of nitrogens with one attached hydrogen (secondary N) is 1. The van der Waals surface area contributed by atoms with Crippen LogP contribution in [0.1, 0.15) is 20.3 Å². The Bertz CT molecular complexity index is 385. The van der Waals surface area contributed by atoms with Crippen molar-refractivity contribution in [1.82, 2.24) is 9.97 Å². The lowest BCUT2D eigenvalue weighted by Gasteiger charge is -2.16. The molecule has 1 rings (SSSR count). The highest BCUT2D eigenvalue weighted by atomic mass is 32.2. The van der Waals surface area contributed by atoms with Crippen molar-refractivity contribution in [2.75, 3.05) is 11.6 Å². The van der Waals surface area contributed by atoms with Crippen molar-refractivity contribution in [3.63, 3.8) is 0 Å². The fourth-order valence-electron chi connectivity index (χ4n) is 1.40. The largest absolute Gasteiger partial charge is 0.480 e. The van der Waals surface area contributed by atoms with Crippen molar-refractivity contribution < 1.29 is 9.90 Å². The predicted molar refractivity (Wildman–Crippen MR) is 68.3 cm³/mol. The van der Waals surface area contributed by atoms with Crippen LogP contribution in [0, 0.1) is 5.92 Å². The third-order valence-corrected chi connectivity index (χ3v) is 2.82. The first-order chi connectivity index (χ1) is 8.02. The Morgan fingerprint density at radius 2 is 2.24 bits per heavy atom. The van der Waals surface area contributed by atoms with E-state index in [0.717, 1.165) is 5.03 Å². The quantitative estimate of drug-likeness (QED) is 0.599. The summed E-state index contributed by atoms with van der Waals surface area (Å²) in [5.41, 5.74) is 0. The van der Waals surface area contributed by atoms with E-state index in [2.05, 4.69) is 15.3 Å².